The molecule has 0 bridgehead atoms. The zero-order valence-electron chi connectivity index (χ0n) is 9.67. The second kappa shape index (κ2) is 5.10. The molecule has 0 atom stereocenters. The lowest BCUT2D eigenvalue weighted by Gasteiger charge is -2.06. The molecule has 2 aromatic rings. The van der Waals surface area contributed by atoms with Gasteiger partial charge in [0.15, 0.2) is 0 Å². The van der Waals surface area contributed by atoms with Gasteiger partial charge in [-0.25, -0.2) is 0 Å². The van der Waals surface area contributed by atoms with E-state index in [0.717, 1.165) is 22.4 Å². The zero-order valence-corrected chi connectivity index (χ0v) is 12.0. The van der Waals surface area contributed by atoms with E-state index < -0.39 is 0 Å². The average molecular weight is 315 g/mol. The smallest absolute Gasteiger partial charge is 0.0643 e. The number of aromatic nitrogens is 2. The molecule has 0 saturated heterocycles. The molecular formula is C12H13BrClN3. The summed E-state index contributed by atoms with van der Waals surface area (Å²) in [5.41, 5.74) is 3.27. The van der Waals surface area contributed by atoms with Crippen molar-refractivity contribution in [3.63, 3.8) is 0 Å². The highest BCUT2D eigenvalue weighted by atomic mass is 79.9. The topological polar surface area (TPSA) is 29.9 Å². The number of halogens is 2. The molecule has 0 unspecified atom stereocenters. The van der Waals surface area contributed by atoms with Gasteiger partial charge in [-0.3, -0.25) is 4.68 Å². The number of benzene rings is 1. The molecule has 0 aliphatic rings. The minimum atomic E-state index is 0.716. The molecule has 0 aliphatic heterocycles. The Balaban J connectivity index is 2.07. The van der Waals surface area contributed by atoms with Crippen LogP contribution < -0.4 is 5.32 Å². The number of hydrogen-bond donors (Lipinski definition) is 1. The highest BCUT2D eigenvalue weighted by Gasteiger charge is 2.03. The average Bonchev–Trinajstić information content (AvgIpc) is 2.59. The van der Waals surface area contributed by atoms with E-state index in [1.807, 2.05) is 43.0 Å². The maximum absolute atomic E-state index is 5.94. The molecule has 0 fully saturated rings. The van der Waals surface area contributed by atoms with Crippen molar-refractivity contribution in [3.8, 4) is 0 Å². The summed E-state index contributed by atoms with van der Waals surface area (Å²) in [7, 11) is 1.93. The summed E-state index contributed by atoms with van der Waals surface area (Å²) >= 11 is 9.34. The molecule has 1 aromatic heterocycles. The van der Waals surface area contributed by atoms with Crippen molar-refractivity contribution >= 4 is 33.2 Å². The van der Waals surface area contributed by atoms with Crippen LogP contribution in [0.4, 0.5) is 5.69 Å². The molecule has 0 aliphatic carbocycles. The van der Waals surface area contributed by atoms with Gasteiger partial charge in [0, 0.05) is 35.5 Å². The Hall–Kier alpha value is -1.000. The third-order valence-electron chi connectivity index (χ3n) is 2.52. The monoisotopic (exact) mass is 313 g/mol. The first kappa shape index (κ1) is 12.5. The molecule has 1 heterocycles. The van der Waals surface area contributed by atoms with Crippen molar-refractivity contribution in [2.24, 2.45) is 7.05 Å². The standard InChI is InChI=1S/C12H13BrClN3/c1-8-9(7-17(2)16-8)6-15-10-3-4-12(14)11(13)5-10/h3-5,7,15H,6H2,1-2H3. The van der Waals surface area contributed by atoms with Crippen LogP contribution in [0.15, 0.2) is 28.9 Å². The van der Waals surface area contributed by atoms with Gasteiger partial charge in [0.1, 0.15) is 0 Å². The van der Waals surface area contributed by atoms with Crippen molar-refractivity contribution in [1.82, 2.24) is 9.78 Å². The van der Waals surface area contributed by atoms with E-state index >= 15 is 0 Å². The van der Waals surface area contributed by atoms with Gasteiger partial charge in [0.25, 0.3) is 0 Å². The van der Waals surface area contributed by atoms with Gasteiger partial charge in [0.05, 0.1) is 10.7 Å². The van der Waals surface area contributed by atoms with Crippen LogP contribution in [0.2, 0.25) is 5.02 Å². The number of aryl methyl sites for hydroxylation is 2. The highest BCUT2D eigenvalue weighted by Crippen LogP contribution is 2.25. The van der Waals surface area contributed by atoms with E-state index in [2.05, 4.69) is 26.3 Å². The molecule has 0 saturated carbocycles. The van der Waals surface area contributed by atoms with E-state index in [9.17, 15) is 0 Å². The van der Waals surface area contributed by atoms with Crippen LogP contribution >= 0.6 is 27.5 Å². The maximum Gasteiger partial charge on any atom is 0.0643 e. The molecular weight excluding hydrogens is 302 g/mol. The van der Waals surface area contributed by atoms with Crippen molar-refractivity contribution in [1.29, 1.82) is 0 Å². The van der Waals surface area contributed by atoms with Gasteiger partial charge in [-0.15, -0.1) is 0 Å². The quantitative estimate of drug-likeness (QED) is 0.935. The summed E-state index contributed by atoms with van der Waals surface area (Å²) in [4.78, 5) is 0. The summed E-state index contributed by atoms with van der Waals surface area (Å²) in [6.45, 7) is 2.77. The Morgan fingerprint density at radius 2 is 2.24 bits per heavy atom. The maximum atomic E-state index is 5.94. The lowest BCUT2D eigenvalue weighted by atomic mass is 10.2. The van der Waals surface area contributed by atoms with Crippen LogP contribution in [-0.2, 0) is 13.6 Å². The minimum absolute atomic E-state index is 0.716. The largest absolute Gasteiger partial charge is 0.381 e. The van der Waals surface area contributed by atoms with Crippen molar-refractivity contribution in [2.75, 3.05) is 5.32 Å². The van der Waals surface area contributed by atoms with Crippen LogP contribution in [0.3, 0.4) is 0 Å². The summed E-state index contributed by atoms with van der Waals surface area (Å²) < 4.78 is 2.72. The summed E-state index contributed by atoms with van der Waals surface area (Å²) in [6, 6.07) is 5.79. The zero-order chi connectivity index (χ0) is 12.4. The third-order valence-corrected chi connectivity index (χ3v) is 3.73. The van der Waals surface area contributed by atoms with E-state index in [1.165, 1.54) is 5.56 Å². The first-order chi connectivity index (χ1) is 8.06. The van der Waals surface area contributed by atoms with Crippen LogP contribution in [0, 0.1) is 6.92 Å². The lowest BCUT2D eigenvalue weighted by Crippen LogP contribution is -1.99. The van der Waals surface area contributed by atoms with Crippen LogP contribution in [0.5, 0.6) is 0 Å². The molecule has 0 radical (unpaired) electrons. The van der Waals surface area contributed by atoms with Gasteiger partial charge in [-0.1, -0.05) is 11.6 Å². The molecule has 0 amide bonds. The summed E-state index contributed by atoms with van der Waals surface area (Å²) in [5, 5.41) is 8.36. The lowest BCUT2D eigenvalue weighted by molar-refractivity contribution is 0.756. The normalized spacial score (nSPS) is 10.6. The first-order valence-corrected chi connectivity index (χ1v) is 6.41. The molecule has 5 heteroatoms. The third kappa shape index (κ3) is 3.01. The number of nitrogens with one attached hydrogen (secondary N) is 1. The van der Waals surface area contributed by atoms with Gasteiger partial charge in [0.2, 0.25) is 0 Å². The minimum Gasteiger partial charge on any atom is -0.381 e. The van der Waals surface area contributed by atoms with Crippen molar-refractivity contribution < 1.29 is 0 Å². The Labute approximate surface area is 114 Å². The van der Waals surface area contributed by atoms with Crippen molar-refractivity contribution in [3.05, 3.63) is 45.1 Å². The number of rotatable bonds is 3. The molecule has 0 spiro atoms. The Morgan fingerprint density at radius 1 is 1.47 bits per heavy atom. The fourth-order valence-corrected chi connectivity index (χ4v) is 2.12. The summed E-state index contributed by atoms with van der Waals surface area (Å²) in [5.74, 6) is 0. The molecule has 90 valence electrons. The van der Waals surface area contributed by atoms with Gasteiger partial charge < -0.3 is 5.32 Å². The van der Waals surface area contributed by atoms with E-state index in [4.69, 9.17) is 11.6 Å². The molecule has 3 nitrogen and oxygen atoms in total. The Kier molecular flexibility index (Phi) is 3.74. The van der Waals surface area contributed by atoms with Crippen LogP contribution in [-0.4, -0.2) is 9.78 Å². The summed E-state index contributed by atoms with van der Waals surface area (Å²) in [6.07, 6.45) is 2.02. The molecule has 1 aromatic carbocycles. The predicted octanol–water partition coefficient (Wildman–Crippen LogP) is 3.76. The van der Waals surface area contributed by atoms with E-state index in [0.29, 0.717) is 5.02 Å². The van der Waals surface area contributed by atoms with Crippen molar-refractivity contribution in [2.45, 2.75) is 13.5 Å². The van der Waals surface area contributed by atoms with E-state index in [1.54, 1.807) is 0 Å². The fourth-order valence-electron chi connectivity index (χ4n) is 1.63. The highest BCUT2D eigenvalue weighted by molar-refractivity contribution is 9.10. The fraction of sp³-hybridized carbons (Fsp3) is 0.250. The second-order valence-corrected chi connectivity index (χ2v) is 5.16. The van der Waals surface area contributed by atoms with E-state index in [-0.39, 0.29) is 0 Å². The predicted molar refractivity (Wildman–Crippen MR) is 74.4 cm³/mol. The SMILES string of the molecule is Cc1nn(C)cc1CNc1ccc(Cl)c(Br)c1. The second-order valence-electron chi connectivity index (χ2n) is 3.90. The van der Waals surface area contributed by atoms with Crippen LogP contribution in [0.1, 0.15) is 11.3 Å². The van der Waals surface area contributed by atoms with Gasteiger partial charge in [-0.2, -0.15) is 5.10 Å². The number of anilines is 1. The van der Waals surface area contributed by atoms with Gasteiger partial charge >= 0.3 is 0 Å². The Bertz CT molecular complexity index is 537. The Morgan fingerprint density at radius 3 is 2.82 bits per heavy atom. The van der Waals surface area contributed by atoms with Crippen LogP contribution in [0.25, 0.3) is 0 Å². The molecule has 17 heavy (non-hydrogen) atoms. The molecule has 1 N–H and O–H groups in total. The number of nitrogens with zero attached hydrogens (tertiary/aromatic N) is 2. The number of hydrogen-bond acceptors (Lipinski definition) is 2. The molecule has 2 rings (SSSR count). The first-order valence-electron chi connectivity index (χ1n) is 5.24. The van der Waals surface area contributed by atoms with Gasteiger partial charge in [-0.05, 0) is 41.1 Å².